The van der Waals surface area contributed by atoms with Crippen LogP contribution < -0.4 is 10.6 Å². The van der Waals surface area contributed by atoms with E-state index in [4.69, 9.17) is 5.73 Å². The van der Waals surface area contributed by atoms with Gasteiger partial charge < -0.3 is 10.6 Å². The predicted molar refractivity (Wildman–Crippen MR) is 76.8 cm³/mol. The van der Waals surface area contributed by atoms with Gasteiger partial charge in [0.2, 0.25) is 5.91 Å². The van der Waals surface area contributed by atoms with E-state index < -0.39 is 6.04 Å². The summed E-state index contributed by atoms with van der Waals surface area (Å²) in [6.45, 7) is 8.22. The monoisotopic (exact) mass is 248 g/mol. The number of nitrogens with zero attached hydrogens (tertiary/aromatic N) is 1. The van der Waals surface area contributed by atoms with E-state index in [0.717, 1.165) is 5.69 Å². The number of hydrogen-bond donors (Lipinski definition) is 1. The highest BCUT2D eigenvalue weighted by molar-refractivity contribution is 5.96. The number of rotatable bonds is 4. The Morgan fingerprint density at radius 1 is 1.11 bits per heavy atom. The molecule has 0 aromatic heterocycles. The van der Waals surface area contributed by atoms with E-state index >= 15 is 0 Å². The molecule has 0 unspecified atom stereocenters. The molecule has 0 aliphatic rings. The summed E-state index contributed by atoms with van der Waals surface area (Å²) in [5.41, 5.74) is 8.05. The van der Waals surface area contributed by atoms with Crippen molar-refractivity contribution >= 4 is 11.6 Å². The van der Waals surface area contributed by atoms with Gasteiger partial charge in [0.25, 0.3) is 0 Å². The van der Waals surface area contributed by atoms with Crippen LogP contribution in [0.4, 0.5) is 5.69 Å². The van der Waals surface area contributed by atoms with E-state index in [1.165, 1.54) is 5.56 Å². The van der Waals surface area contributed by atoms with Crippen molar-refractivity contribution in [2.75, 3.05) is 11.9 Å². The van der Waals surface area contributed by atoms with Crippen molar-refractivity contribution < 1.29 is 4.79 Å². The minimum Gasteiger partial charge on any atom is -0.320 e. The van der Waals surface area contributed by atoms with E-state index in [-0.39, 0.29) is 11.8 Å². The molecule has 1 aromatic carbocycles. The van der Waals surface area contributed by atoms with E-state index in [1.54, 1.807) is 11.9 Å². The number of anilines is 1. The Morgan fingerprint density at radius 2 is 1.61 bits per heavy atom. The van der Waals surface area contributed by atoms with Crippen molar-refractivity contribution in [3.8, 4) is 0 Å². The molecule has 1 aromatic rings. The van der Waals surface area contributed by atoms with Gasteiger partial charge in [-0.15, -0.1) is 0 Å². The van der Waals surface area contributed by atoms with Crippen molar-refractivity contribution in [2.24, 2.45) is 11.7 Å². The van der Waals surface area contributed by atoms with Gasteiger partial charge in [-0.3, -0.25) is 4.79 Å². The summed E-state index contributed by atoms with van der Waals surface area (Å²) >= 11 is 0. The maximum absolute atomic E-state index is 12.1. The standard InChI is InChI=1S/C15H24N2O/c1-10(2)12-6-8-13(9-7-12)17(5)15(18)14(16)11(3)4/h6-11,14H,16H2,1-5H3/t14-/m0/s1. The fourth-order valence-electron chi connectivity index (χ4n) is 1.72. The molecule has 1 amide bonds. The van der Waals surface area contributed by atoms with Gasteiger partial charge in [-0.25, -0.2) is 0 Å². The Balaban J connectivity index is 2.84. The number of amides is 1. The normalized spacial score (nSPS) is 12.9. The molecule has 0 aliphatic heterocycles. The summed E-state index contributed by atoms with van der Waals surface area (Å²) in [6.07, 6.45) is 0. The fourth-order valence-corrected chi connectivity index (χ4v) is 1.72. The second-order valence-electron chi connectivity index (χ2n) is 5.41. The maximum Gasteiger partial charge on any atom is 0.243 e. The summed E-state index contributed by atoms with van der Waals surface area (Å²) < 4.78 is 0. The van der Waals surface area contributed by atoms with Crippen LogP contribution in [0.1, 0.15) is 39.2 Å². The third-order valence-corrected chi connectivity index (χ3v) is 3.28. The zero-order valence-corrected chi connectivity index (χ0v) is 12.0. The molecule has 0 heterocycles. The molecule has 0 radical (unpaired) electrons. The zero-order valence-electron chi connectivity index (χ0n) is 12.0. The number of likely N-dealkylation sites (N-methyl/N-ethyl adjacent to an activating group) is 1. The first-order valence-corrected chi connectivity index (χ1v) is 6.47. The van der Waals surface area contributed by atoms with Gasteiger partial charge in [0, 0.05) is 12.7 Å². The van der Waals surface area contributed by atoms with Crippen LogP contribution in [-0.2, 0) is 4.79 Å². The van der Waals surface area contributed by atoms with Crippen molar-refractivity contribution in [1.29, 1.82) is 0 Å². The van der Waals surface area contributed by atoms with Gasteiger partial charge in [-0.05, 0) is 29.5 Å². The van der Waals surface area contributed by atoms with Gasteiger partial charge in [0.1, 0.15) is 0 Å². The fraction of sp³-hybridized carbons (Fsp3) is 0.533. The van der Waals surface area contributed by atoms with Crippen LogP contribution in [0.25, 0.3) is 0 Å². The minimum atomic E-state index is -0.445. The number of carbonyl (C=O) groups excluding carboxylic acids is 1. The molecule has 3 heteroatoms. The van der Waals surface area contributed by atoms with Gasteiger partial charge in [-0.2, -0.15) is 0 Å². The molecule has 0 bridgehead atoms. The number of nitrogens with two attached hydrogens (primary N) is 1. The van der Waals surface area contributed by atoms with E-state index in [9.17, 15) is 4.79 Å². The molecule has 3 nitrogen and oxygen atoms in total. The SMILES string of the molecule is CC(C)c1ccc(N(C)C(=O)[C@@H](N)C(C)C)cc1. The maximum atomic E-state index is 12.1. The first-order chi connectivity index (χ1) is 8.34. The Morgan fingerprint density at radius 3 is 2.00 bits per heavy atom. The highest BCUT2D eigenvalue weighted by Crippen LogP contribution is 2.20. The molecule has 0 saturated heterocycles. The second kappa shape index (κ2) is 6.01. The number of hydrogen-bond acceptors (Lipinski definition) is 2. The van der Waals surface area contributed by atoms with Crippen LogP contribution in [0.15, 0.2) is 24.3 Å². The number of benzene rings is 1. The first-order valence-electron chi connectivity index (χ1n) is 6.47. The van der Waals surface area contributed by atoms with Crippen LogP contribution in [-0.4, -0.2) is 19.0 Å². The molecule has 0 spiro atoms. The van der Waals surface area contributed by atoms with Crippen molar-refractivity contribution in [3.63, 3.8) is 0 Å². The molecule has 0 saturated carbocycles. The highest BCUT2D eigenvalue weighted by Gasteiger charge is 2.21. The molecular weight excluding hydrogens is 224 g/mol. The Kier molecular flexibility index (Phi) is 4.91. The molecule has 100 valence electrons. The highest BCUT2D eigenvalue weighted by atomic mass is 16.2. The third kappa shape index (κ3) is 3.33. The Labute approximate surface area is 110 Å². The molecule has 0 aliphatic carbocycles. The van der Waals surface area contributed by atoms with E-state index in [1.807, 2.05) is 26.0 Å². The van der Waals surface area contributed by atoms with Gasteiger partial charge in [-0.1, -0.05) is 39.8 Å². The Bertz CT molecular complexity index is 395. The largest absolute Gasteiger partial charge is 0.320 e. The topological polar surface area (TPSA) is 46.3 Å². The lowest BCUT2D eigenvalue weighted by Crippen LogP contribution is -2.45. The van der Waals surface area contributed by atoms with Crippen molar-refractivity contribution in [1.82, 2.24) is 0 Å². The second-order valence-corrected chi connectivity index (χ2v) is 5.41. The van der Waals surface area contributed by atoms with Gasteiger partial charge in [0.05, 0.1) is 6.04 Å². The predicted octanol–water partition coefficient (Wildman–Crippen LogP) is 2.76. The summed E-state index contributed by atoms with van der Waals surface area (Å²) in [5.74, 6) is 0.607. The smallest absolute Gasteiger partial charge is 0.243 e. The molecule has 18 heavy (non-hydrogen) atoms. The molecule has 0 fully saturated rings. The average molecular weight is 248 g/mol. The van der Waals surface area contributed by atoms with Crippen LogP contribution in [0.5, 0.6) is 0 Å². The average Bonchev–Trinajstić information content (AvgIpc) is 2.36. The van der Waals surface area contributed by atoms with Crippen LogP contribution >= 0.6 is 0 Å². The summed E-state index contributed by atoms with van der Waals surface area (Å²) in [6, 6.07) is 7.62. The lowest BCUT2D eigenvalue weighted by atomic mass is 10.0. The zero-order chi connectivity index (χ0) is 13.9. The summed E-state index contributed by atoms with van der Waals surface area (Å²) in [4.78, 5) is 13.7. The quantitative estimate of drug-likeness (QED) is 0.890. The molecule has 1 atom stereocenters. The minimum absolute atomic E-state index is 0.0395. The molecule has 2 N–H and O–H groups in total. The van der Waals surface area contributed by atoms with Crippen LogP contribution in [0.2, 0.25) is 0 Å². The first kappa shape index (κ1) is 14.7. The summed E-state index contributed by atoms with van der Waals surface area (Å²) in [5, 5.41) is 0. The van der Waals surface area contributed by atoms with Gasteiger partial charge in [0.15, 0.2) is 0 Å². The van der Waals surface area contributed by atoms with E-state index in [2.05, 4.69) is 26.0 Å². The third-order valence-electron chi connectivity index (χ3n) is 3.28. The molecular formula is C15H24N2O. The lowest BCUT2D eigenvalue weighted by molar-refractivity contribution is -0.120. The molecule has 1 rings (SSSR count). The van der Waals surface area contributed by atoms with Crippen molar-refractivity contribution in [2.45, 2.75) is 39.7 Å². The number of carbonyl (C=O) groups is 1. The van der Waals surface area contributed by atoms with E-state index in [0.29, 0.717) is 5.92 Å². The Hall–Kier alpha value is -1.35. The van der Waals surface area contributed by atoms with Gasteiger partial charge >= 0.3 is 0 Å². The lowest BCUT2D eigenvalue weighted by Gasteiger charge is -2.23. The van der Waals surface area contributed by atoms with Crippen LogP contribution in [0.3, 0.4) is 0 Å². The summed E-state index contributed by atoms with van der Waals surface area (Å²) in [7, 11) is 1.77. The van der Waals surface area contributed by atoms with Crippen molar-refractivity contribution in [3.05, 3.63) is 29.8 Å². The van der Waals surface area contributed by atoms with Crippen LogP contribution in [0, 0.1) is 5.92 Å².